The maximum Gasteiger partial charge on any atom is 0.289 e. The summed E-state index contributed by atoms with van der Waals surface area (Å²) in [7, 11) is 2.08. The minimum atomic E-state index is 0.0205. The van der Waals surface area contributed by atoms with Gasteiger partial charge in [0.2, 0.25) is 0 Å². The largest absolute Gasteiger partial charge is 0.451 e. The van der Waals surface area contributed by atoms with Crippen molar-refractivity contribution >= 4 is 16.9 Å². The summed E-state index contributed by atoms with van der Waals surface area (Å²) >= 11 is 0. The van der Waals surface area contributed by atoms with Gasteiger partial charge in [0, 0.05) is 37.1 Å². The lowest BCUT2D eigenvalue weighted by Crippen LogP contribution is -2.47. The van der Waals surface area contributed by atoms with E-state index in [1.807, 2.05) is 17.9 Å². The summed E-state index contributed by atoms with van der Waals surface area (Å²) in [6.45, 7) is 9.50. The number of carbonyl (C=O) groups is 1. The zero-order chi connectivity index (χ0) is 15.1. The van der Waals surface area contributed by atoms with Gasteiger partial charge < -0.3 is 14.2 Å². The molecular weight excluding hydrogens is 264 g/mol. The molecule has 1 fully saturated rings. The van der Waals surface area contributed by atoms with E-state index in [9.17, 15) is 4.79 Å². The first kappa shape index (κ1) is 14.1. The molecule has 4 heteroatoms. The van der Waals surface area contributed by atoms with Gasteiger partial charge in [-0.25, -0.2) is 0 Å². The van der Waals surface area contributed by atoms with Gasteiger partial charge in [0.15, 0.2) is 5.76 Å². The summed E-state index contributed by atoms with van der Waals surface area (Å²) in [6.07, 6.45) is 0. The average molecular weight is 286 g/mol. The van der Waals surface area contributed by atoms with E-state index < -0.39 is 0 Å². The topological polar surface area (TPSA) is 36.7 Å². The lowest BCUT2D eigenvalue weighted by Gasteiger charge is -2.31. The smallest absolute Gasteiger partial charge is 0.289 e. The molecule has 1 aliphatic heterocycles. The van der Waals surface area contributed by atoms with E-state index in [1.165, 1.54) is 11.1 Å². The Kier molecular flexibility index (Phi) is 3.49. The number of nitrogens with zero attached hydrogens (tertiary/aromatic N) is 2. The van der Waals surface area contributed by atoms with Crippen LogP contribution in [-0.4, -0.2) is 48.9 Å². The number of hydrogen-bond acceptors (Lipinski definition) is 3. The Morgan fingerprint density at radius 1 is 1.05 bits per heavy atom. The molecular formula is C17H22N2O2. The Morgan fingerprint density at radius 3 is 2.33 bits per heavy atom. The van der Waals surface area contributed by atoms with Gasteiger partial charge >= 0.3 is 0 Å². The zero-order valence-electron chi connectivity index (χ0n) is 13.2. The highest BCUT2D eigenvalue weighted by Gasteiger charge is 2.25. The van der Waals surface area contributed by atoms with E-state index in [1.54, 1.807) is 0 Å². The molecule has 4 nitrogen and oxygen atoms in total. The van der Waals surface area contributed by atoms with E-state index in [2.05, 4.69) is 31.9 Å². The number of piperazine rings is 1. The van der Waals surface area contributed by atoms with Crippen molar-refractivity contribution < 1.29 is 9.21 Å². The van der Waals surface area contributed by atoms with Crippen LogP contribution in [-0.2, 0) is 0 Å². The van der Waals surface area contributed by atoms with Crippen LogP contribution in [0.2, 0.25) is 0 Å². The van der Waals surface area contributed by atoms with Crippen molar-refractivity contribution in [2.75, 3.05) is 33.2 Å². The van der Waals surface area contributed by atoms with Crippen molar-refractivity contribution in [2.24, 2.45) is 0 Å². The second kappa shape index (κ2) is 5.19. The van der Waals surface area contributed by atoms with Crippen LogP contribution in [0, 0.1) is 20.8 Å². The van der Waals surface area contributed by atoms with Gasteiger partial charge in [0.25, 0.3) is 5.91 Å². The predicted molar refractivity (Wildman–Crippen MR) is 83.8 cm³/mol. The van der Waals surface area contributed by atoms with Crippen molar-refractivity contribution in [2.45, 2.75) is 20.8 Å². The normalized spacial score (nSPS) is 16.7. The first-order valence-electron chi connectivity index (χ1n) is 7.45. The average Bonchev–Trinajstić information content (AvgIpc) is 2.77. The van der Waals surface area contributed by atoms with Gasteiger partial charge in [0.05, 0.1) is 0 Å². The first-order chi connectivity index (χ1) is 9.97. The number of fused-ring (bicyclic) bond motifs is 1. The number of carbonyl (C=O) groups excluding carboxylic acids is 1. The number of rotatable bonds is 1. The van der Waals surface area contributed by atoms with Crippen LogP contribution in [0.4, 0.5) is 0 Å². The molecule has 2 aromatic rings. The van der Waals surface area contributed by atoms with Crippen LogP contribution in [0.5, 0.6) is 0 Å². The lowest BCUT2D eigenvalue weighted by molar-refractivity contribution is 0.0634. The highest BCUT2D eigenvalue weighted by Crippen LogP contribution is 2.29. The summed E-state index contributed by atoms with van der Waals surface area (Å²) in [5.41, 5.74) is 4.19. The molecule has 21 heavy (non-hydrogen) atoms. The van der Waals surface area contributed by atoms with E-state index in [-0.39, 0.29) is 5.91 Å². The molecule has 1 aromatic heterocycles. The van der Waals surface area contributed by atoms with Crippen molar-refractivity contribution in [1.29, 1.82) is 0 Å². The highest BCUT2D eigenvalue weighted by atomic mass is 16.3. The van der Waals surface area contributed by atoms with Crippen LogP contribution in [0.25, 0.3) is 11.0 Å². The predicted octanol–water partition coefficient (Wildman–Crippen LogP) is 2.75. The quantitative estimate of drug-likeness (QED) is 0.809. The Balaban J connectivity index is 1.97. The molecule has 1 saturated heterocycles. The molecule has 0 bridgehead atoms. The number of likely N-dealkylation sites (N-methyl/N-ethyl adjacent to an activating group) is 1. The van der Waals surface area contributed by atoms with Gasteiger partial charge in [-0.3, -0.25) is 4.79 Å². The third-order valence-corrected chi connectivity index (χ3v) is 4.54. The monoisotopic (exact) mass is 286 g/mol. The standard InChI is InChI=1S/C17H22N2O2/c1-11-9-14-13(3)16(21-15(14)10-12(11)2)17(20)19-7-5-18(4)6-8-19/h9-10H,5-8H2,1-4H3. The summed E-state index contributed by atoms with van der Waals surface area (Å²) in [6, 6.07) is 4.14. The van der Waals surface area contributed by atoms with E-state index >= 15 is 0 Å². The van der Waals surface area contributed by atoms with Gasteiger partial charge in [-0.05, 0) is 51.1 Å². The van der Waals surface area contributed by atoms with Crippen molar-refractivity contribution in [1.82, 2.24) is 9.80 Å². The highest BCUT2D eigenvalue weighted by molar-refractivity contribution is 5.99. The second-order valence-corrected chi connectivity index (χ2v) is 6.08. The number of furan rings is 1. The minimum Gasteiger partial charge on any atom is -0.451 e. The van der Waals surface area contributed by atoms with Crippen molar-refractivity contribution in [3.05, 3.63) is 34.6 Å². The number of aryl methyl sites for hydroxylation is 3. The lowest BCUT2D eigenvalue weighted by atomic mass is 10.0. The van der Waals surface area contributed by atoms with Gasteiger partial charge in [-0.15, -0.1) is 0 Å². The maximum absolute atomic E-state index is 12.7. The molecule has 0 unspecified atom stereocenters. The molecule has 0 radical (unpaired) electrons. The molecule has 0 saturated carbocycles. The molecule has 0 N–H and O–H groups in total. The van der Waals surface area contributed by atoms with Crippen LogP contribution in [0.3, 0.4) is 0 Å². The fraction of sp³-hybridized carbons (Fsp3) is 0.471. The van der Waals surface area contributed by atoms with Crippen LogP contribution in [0.1, 0.15) is 27.2 Å². The molecule has 1 amide bonds. The fourth-order valence-electron chi connectivity index (χ4n) is 2.83. The zero-order valence-corrected chi connectivity index (χ0v) is 13.2. The van der Waals surface area contributed by atoms with Gasteiger partial charge in [-0.1, -0.05) is 0 Å². The third kappa shape index (κ3) is 2.44. The van der Waals surface area contributed by atoms with Gasteiger partial charge in [-0.2, -0.15) is 0 Å². The van der Waals surface area contributed by atoms with E-state index in [0.717, 1.165) is 42.7 Å². The molecule has 0 aliphatic carbocycles. The number of amides is 1. The molecule has 112 valence electrons. The van der Waals surface area contributed by atoms with Crippen LogP contribution < -0.4 is 0 Å². The first-order valence-corrected chi connectivity index (χ1v) is 7.45. The Bertz CT molecular complexity index is 694. The Labute approximate surface area is 125 Å². The Morgan fingerprint density at radius 2 is 1.67 bits per heavy atom. The SMILES string of the molecule is Cc1cc2oc(C(=O)N3CCN(C)CC3)c(C)c2cc1C. The molecule has 1 aromatic carbocycles. The second-order valence-electron chi connectivity index (χ2n) is 6.08. The molecule has 3 rings (SSSR count). The molecule has 0 atom stereocenters. The molecule has 1 aliphatic rings. The number of benzene rings is 1. The molecule has 2 heterocycles. The van der Waals surface area contributed by atoms with Crippen LogP contribution >= 0.6 is 0 Å². The van der Waals surface area contributed by atoms with Crippen molar-refractivity contribution in [3.8, 4) is 0 Å². The summed E-state index contributed by atoms with van der Waals surface area (Å²) in [4.78, 5) is 16.8. The minimum absolute atomic E-state index is 0.0205. The maximum atomic E-state index is 12.7. The fourth-order valence-corrected chi connectivity index (χ4v) is 2.83. The Hall–Kier alpha value is -1.81. The van der Waals surface area contributed by atoms with Crippen molar-refractivity contribution in [3.63, 3.8) is 0 Å². The van der Waals surface area contributed by atoms with E-state index in [4.69, 9.17) is 4.42 Å². The van der Waals surface area contributed by atoms with E-state index in [0.29, 0.717) is 5.76 Å². The van der Waals surface area contributed by atoms with Crippen LogP contribution in [0.15, 0.2) is 16.5 Å². The third-order valence-electron chi connectivity index (χ3n) is 4.54. The number of hydrogen-bond donors (Lipinski definition) is 0. The summed E-state index contributed by atoms with van der Waals surface area (Å²) in [5, 5.41) is 1.05. The molecule has 0 spiro atoms. The summed E-state index contributed by atoms with van der Waals surface area (Å²) in [5.74, 6) is 0.520. The summed E-state index contributed by atoms with van der Waals surface area (Å²) < 4.78 is 5.87. The van der Waals surface area contributed by atoms with Gasteiger partial charge in [0.1, 0.15) is 5.58 Å².